The highest BCUT2D eigenvalue weighted by Gasteiger charge is 2.30. The molecule has 0 aromatic heterocycles. The van der Waals surface area contributed by atoms with Crippen LogP contribution in [0, 0.1) is 16.0 Å². The van der Waals surface area contributed by atoms with Crippen molar-refractivity contribution in [3.63, 3.8) is 0 Å². The van der Waals surface area contributed by atoms with Gasteiger partial charge in [-0.1, -0.05) is 67.6 Å². The molecule has 4 nitrogen and oxygen atoms in total. The number of benzene rings is 2. The van der Waals surface area contributed by atoms with Gasteiger partial charge in [-0.2, -0.15) is 0 Å². The number of Topliss-reactive ketones (excluding diaryl/α,β-unsaturated/α-hetero) is 1. The van der Waals surface area contributed by atoms with Crippen molar-refractivity contribution in [2.24, 2.45) is 5.92 Å². The van der Waals surface area contributed by atoms with E-state index in [1.54, 1.807) is 31.2 Å². The van der Waals surface area contributed by atoms with Crippen LogP contribution in [0.15, 0.2) is 60.7 Å². The maximum absolute atomic E-state index is 12.5. The van der Waals surface area contributed by atoms with Crippen LogP contribution in [-0.2, 0) is 0 Å². The standard InChI is InChI=1S/C17H17NO3/c1-13(17(19)15-10-6-3-7-11-15)16(12-18(20)21)14-8-4-2-5-9-14/h2-11,13,16H,12H2,1H3/t13-,16-/m0/s1. The molecule has 0 saturated carbocycles. The number of carbonyl (C=O) groups excluding carboxylic acids is 1. The second-order valence-corrected chi connectivity index (χ2v) is 5.05. The van der Waals surface area contributed by atoms with Crippen molar-refractivity contribution in [3.8, 4) is 0 Å². The van der Waals surface area contributed by atoms with Crippen LogP contribution in [0.1, 0.15) is 28.8 Å². The van der Waals surface area contributed by atoms with Gasteiger partial charge in [0.05, 0.1) is 5.92 Å². The van der Waals surface area contributed by atoms with Gasteiger partial charge in [-0.15, -0.1) is 0 Å². The maximum atomic E-state index is 12.5. The molecule has 0 heterocycles. The molecule has 108 valence electrons. The summed E-state index contributed by atoms with van der Waals surface area (Å²) in [6, 6.07) is 18.1. The zero-order valence-electron chi connectivity index (χ0n) is 11.8. The Labute approximate surface area is 123 Å². The van der Waals surface area contributed by atoms with Crippen LogP contribution >= 0.6 is 0 Å². The number of ketones is 1. The Bertz CT molecular complexity index is 610. The van der Waals surface area contributed by atoms with E-state index in [1.165, 1.54) is 0 Å². The largest absolute Gasteiger partial charge is 0.294 e. The second kappa shape index (κ2) is 6.79. The van der Waals surface area contributed by atoms with Crippen molar-refractivity contribution in [1.29, 1.82) is 0 Å². The fourth-order valence-electron chi connectivity index (χ4n) is 2.46. The fraction of sp³-hybridized carbons (Fsp3) is 0.235. The molecule has 0 fully saturated rings. The smallest absolute Gasteiger partial charge is 0.211 e. The Morgan fingerprint density at radius 1 is 1.05 bits per heavy atom. The molecule has 0 spiro atoms. The van der Waals surface area contributed by atoms with Crippen molar-refractivity contribution in [3.05, 3.63) is 81.9 Å². The molecule has 0 unspecified atom stereocenters. The molecule has 2 atom stereocenters. The summed E-state index contributed by atoms with van der Waals surface area (Å²) >= 11 is 0. The van der Waals surface area contributed by atoms with E-state index in [1.807, 2.05) is 36.4 Å². The minimum Gasteiger partial charge on any atom is -0.294 e. The highest BCUT2D eigenvalue weighted by Crippen LogP contribution is 2.27. The highest BCUT2D eigenvalue weighted by molar-refractivity contribution is 5.98. The van der Waals surface area contributed by atoms with Gasteiger partial charge in [0.2, 0.25) is 6.54 Å². The van der Waals surface area contributed by atoms with Gasteiger partial charge in [-0.05, 0) is 5.56 Å². The first kappa shape index (κ1) is 14.9. The Balaban J connectivity index is 2.28. The van der Waals surface area contributed by atoms with Gasteiger partial charge in [0, 0.05) is 16.4 Å². The molecule has 0 aliphatic carbocycles. The normalized spacial score (nSPS) is 13.4. The van der Waals surface area contributed by atoms with Crippen molar-refractivity contribution in [2.45, 2.75) is 12.8 Å². The van der Waals surface area contributed by atoms with E-state index in [2.05, 4.69) is 0 Å². The van der Waals surface area contributed by atoms with Crippen LogP contribution in [0.4, 0.5) is 0 Å². The summed E-state index contributed by atoms with van der Waals surface area (Å²) in [5.41, 5.74) is 1.42. The van der Waals surface area contributed by atoms with Crippen LogP contribution < -0.4 is 0 Å². The predicted octanol–water partition coefficient (Wildman–Crippen LogP) is 3.57. The molecule has 0 bridgehead atoms. The number of rotatable bonds is 6. The molecule has 0 radical (unpaired) electrons. The zero-order valence-corrected chi connectivity index (χ0v) is 11.8. The van der Waals surface area contributed by atoms with Crippen LogP contribution in [0.25, 0.3) is 0 Å². The molecule has 21 heavy (non-hydrogen) atoms. The van der Waals surface area contributed by atoms with Gasteiger partial charge in [-0.25, -0.2) is 0 Å². The average Bonchev–Trinajstić information content (AvgIpc) is 2.53. The van der Waals surface area contributed by atoms with Crippen molar-refractivity contribution < 1.29 is 9.72 Å². The lowest BCUT2D eigenvalue weighted by atomic mass is 9.82. The first-order valence-corrected chi connectivity index (χ1v) is 6.85. The first-order chi connectivity index (χ1) is 10.1. The SMILES string of the molecule is C[C@H](C(=O)c1ccccc1)[C@H](C[N+](=O)[O-])c1ccccc1. The van der Waals surface area contributed by atoms with E-state index in [4.69, 9.17) is 0 Å². The lowest BCUT2D eigenvalue weighted by Crippen LogP contribution is -2.25. The molecule has 0 aliphatic heterocycles. The minimum absolute atomic E-state index is 0.0636. The number of carbonyl (C=O) groups is 1. The van der Waals surface area contributed by atoms with Gasteiger partial charge in [0.15, 0.2) is 5.78 Å². The predicted molar refractivity (Wildman–Crippen MR) is 81.0 cm³/mol. The van der Waals surface area contributed by atoms with Gasteiger partial charge < -0.3 is 0 Å². The maximum Gasteiger partial charge on any atom is 0.211 e. The minimum atomic E-state index is -0.444. The Morgan fingerprint density at radius 2 is 1.57 bits per heavy atom. The lowest BCUT2D eigenvalue weighted by Gasteiger charge is -2.20. The van der Waals surface area contributed by atoms with E-state index in [-0.39, 0.29) is 17.3 Å². The van der Waals surface area contributed by atoms with E-state index >= 15 is 0 Å². The van der Waals surface area contributed by atoms with E-state index in [0.717, 1.165) is 5.56 Å². The Kier molecular flexibility index (Phi) is 4.82. The molecular formula is C17H17NO3. The summed E-state index contributed by atoms with van der Waals surface area (Å²) in [6.07, 6.45) is 0. The molecular weight excluding hydrogens is 266 g/mol. The van der Waals surface area contributed by atoms with Crippen LogP contribution in [-0.4, -0.2) is 17.3 Å². The highest BCUT2D eigenvalue weighted by atomic mass is 16.6. The third-order valence-corrected chi connectivity index (χ3v) is 3.65. The first-order valence-electron chi connectivity index (χ1n) is 6.85. The van der Waals surface area contributed by atoms with Crippen molar-refractivity contribution >= 4 is 5.78 Å². The molecule has 0 aliphatic rings. The molecule has 2 aromatic carbocycles. The van der Waals surface area contributed by atoms with Crippen molar-refractivity contribution in [1.82, 2.24) is 0 Å². The molecule has 2 aromatic rings. The van der Waals surface area contributed by atoms with Crippen LogP contribution in [0.3, 0.4) is 0 Å². The summed E-state index contributed by atoms with van der Waals surface area (Å²) in [7, 11) is 0. The number of hydrogen-bond donors (Lipinski definition) is 0. The third-order valence-electron chi connectivity index (χ3n) is 3.65. The Morgan fingerprint density at radius 3 is 2.10 bits per heavy atom. The zero-order chi connectivity index (χ0) is 15.2. The number of nitrogens with zero attached hydrogens (tertiary/aromatic N) is 1. The Hall–Kier alpha value is -2.49. The quantitative estimate of drug-likeness (QED) is 0.462. The molecule has 0 N–H and O–H groups in total. The number of nitro groups is 1. The van der Waals surface area contributed by atoms with Gasteiger partial charge in [-0.3, -0.25) is 14.9 Å². The molecule has 0 saturated heterocycles. The second-order valence-electron chi connectivity index (χ2n) is 5.05. The van der Waals surface area contributed by atoms with Crippen LogP contribution in [0.2, 0.25) is 0 Å². The summed E-state index contributed by atoms with van der Waals surface area (Å²) in [6.45, 7) is 1.51. The van der Waals surface area contributed by atoms with Crippen molar-refractivity contribution in [2.75, 3.05) is 6.54 Å². The topological polar surface area (TPSA) is 60.2 Å². The van der Waals surface area contributed by atoms with Crippen LogP contribution in [0.5, 0.6) is 0 Å². The molecule has 2 rings (SSSR count). The third kappa shape index (κ3) is 3.75. The van der Waals surface area contributed by atoms with Gasteiger partial charge >= 0.3 is 0 Å². The fourth-order valence-corrected chi connectivity index (χ4v) is 2.46. The molecule has 0 amide bonds. The van der Waals surface area contributed by atoms with E-state index < -0.39 is 11.8 Å². The summed E-state index contributed by atoms with van der Waals surface area (Å²) in [4.78, 5) is 23.1. The molecule has 4 heteroatoms. The number of hydrogen-bond acceptors (Lipinski definition) is 3. The summed E-state index contributed by atoms with van der Waals surface area (Å²) in [5, 5.41) is 10.9. The van der Waals surface area contributed by atoms with Gasteiger partial charge in [0.25, 0.3) is 0 Å². The van der Waals surface area contributed by atoms with Gasteiger partial charge in [0.1, 0.15) is 0 Å². The van der Waals surface area contributed by atoms with E-state index in [0.29, 0.717) is 5.56 Å². The monoisotopic (exact) mass is 283 g/mol. The lowest BCUT2D eigenvalue weighted by molar-refractivity contribution is -0.484. The summed E-state index contributed by atoms with van der Waals surface area (Å²) < 4.78 is 0. The summed E-state index contributed by atoms with van der Waals surface area (Å²) in [5.74, 6) is -0.930. The average molecular weight is 283 g/mol. The van der Waals surface area contributed by atoms with E-state index in [9.17, 15) is 14.9 Å².